The normalized spacial score (nSPS) is 25.5. The number of nitrogens with zero attached hydrogens (tertiary/aromatic N) is 2. The van der Waals surface area contributed by atoms with E-state index in [0.717, 1.165) is 17.7 Å². The molecular weight excluding hydrogens is 456 g/mol. The number of carbonyl (C=O) groups excluding carboxylic acids is 4. The minimum absolute atomic E-state index is 0.0173. The number of rotatable bonds is 5. The molecule has 0 N–H and O–H groups in total. The highest BCUT2D eigenvalue weighted by Crippen LogP contribution is 2.41. The van der Waals surface area contributed by atoms with Crippen molar-refractivity contribution in [2.24, 2.45) is 23.7 Å². The second kappa shape index (κ2) is 9.37. The van der Waals surface area contributed by atoms with Crippen LogP contribution >= 0.6 is 0 Å². The zero-order valence-electron chi connectivity index (χ0n) is 20.8. The maximum Gasteiger partial charge on any atom is 0.316 e. The molecule has 7 nitrogen and oxygen atoms in total. The molecule has 0 unspecified atom stereocenters. The van der Waals surface area contributed by atoms with E-state index in [2.05, 4.69) is 0 Å². The van der Waals surface area contributed by atoms with Gasteiger partial charge in [-0.05, 0) is 61.1 Å². The summed E-state index contributed by atoms with van der Waals surface area (Å²) in [5.74, 6) is -1.79. The Morgan fingerprint density at radius 1 is 1.06 bits per heavy atom. The summed E-state index contributed by atoms with van der Waals surface area (Å²) in [6, 6.07) is 12.6. The predicted octanol–water partition coefficient (Wildman–Crippen LogP) is 4.22. The molecule has 4 atom stereocenters. The van der Waals surface area contributed by atoms with Crippen molar-refractivity contribution in [3.8, 4) is 5.75 Å². The Kier molecular flexibility index (Phi) is 6.24. The van der Waals surface area contributed by atoms with Crippen LogP contribution in [0.15, 0.2) is 54.6 Å². The number of ether oxygens (including phenoxy) is 1. The number of fused-ring (bicyclic) bond motifs is 1. The van der Waals surface area contributed by atoms with Crippen LogP contribution in [0, 0.1) is 30.6 Å². The standard InChI is InChI=1S/C29H30N2O5/c1-4-19-9-5-6-11-24(19)30-16-20(15-25(30)32)29(35)36-21-12-13-23(18(3)14-21)31-27(33)22-10-7-8-17(2)26(22)28(31)34/h5-9,11-14,17,20,22,26H,4,10,15-16H2,1-3H3/t17-,20-,22-,26+/m1/s1. The second-order valence-electron chi connectivity index (χ2n) is 9.92. The minimum atomic E-state index is -0.568. The van der Waals surface area contributed by atoms with Crippen molar-refractivity contribution < 1.29 is 23.9 Å². The molecule has 0 bridgehead atoms. The summed E-state index contributed by atoms with van der Waals surface area (Å²) in [5.41, 5.74) is 3.08. The van der Waals surface area contributed by atoms with E-state index < -0.39 is 11.9 Å². The van der Waals surface area contributed by atoms with Crippen LogP contribution in [0.3, 0.4) is 0 Å². The zero-order valence-corrected chi connectivity index (χ0v) is 20.8. The smallest absolute Gasteiger partial charge is 0.316 e. The topological polar surface area (TPSA) is 84.0 Å². The van der Waals surface area contributed by atoms with Crippen LogP contribution in [0.1, 0.15) is 37.8 Å². The van der Waals surface area contributed by atoms with Gasteiger partial charge < -0.3 is 9.64 Å². The lowest BCUT2D eigenvalue weighted by Crippen LogP contribution is -2.32. The van der Waals surface area contributed by atoms with E-state index in [4.69, 9.17) is 4.74 Å². The van der Waals surface area contributed by atoms with Gasteiger partial charge in [0.15, 0.2) is 0 Å². The Morgan fingerprint density at radius 2 is 1.83 bits per heavy atom. The van der Waals surface area contributed by atoms with E-state index in [1.54, 1.807) is 30.0 Å². The Bertz CT molecular complexity index is 1280. The van der Waals surface area contributed by atoms with E-state index in [1.807, 2.05) is 50.3 Å². The first-order chi connectivity index (χ1) is 17.3. The number of hydrogen-bond acceptors (Lipinski definition) is 5. The van der Waals surface area contributed by atoms with Crippen LogP contribution < -0.4 is 14.5 Å². The molecular formula is C29H30N2O5. The van der Waals surface area contributed by atoms with Gasteiger partial charge in [0, 0.05) is 18.7 Å². The van der Waals surface area contributed by atoms with E-state index in [0.29, 0.717) is 23.4 Å². The number of esters is 1. The minimum Gasteiger partial charge on any atom is -0.426 e. The van der Waals surface area contributed by atoms with Crippen LogP contribution in [0.5, 0.6) is 5.75 Å². The summed E-state index contributed by atoms with van der Waals surface area (Å²) in [4.78, 5) is 54.8. The molecule has 2 aliphatic heterocycles. The lowest BCUT2D eigenvalue weighted by molar-refractivity contribution is -0.139. The van der Waals surface area contributed by atoms with Gasteiger partial charge in [0.25, 0.3) is 0 Å². The summed E-state index contributed by atoms with van der Waals surface area (Å²) in [7, 11) is 0. The molecule has 5 rings (SSSR count). The molecule has 1 aliphatic carbocycles. The summed E-state index contributed by atoms with van der Waals surface area (Å²) < 4.78 is 5.64. The summed E-state index contributed by atoms with van der Waals surface area (Å²) in [6.07, 6.45) is 5.44. The average Bonchev–Trinajstić information content (AvgIpc) is 3.37. The van der Waals surface area contributed by atoms with Gasteiger partial charge in [0.05, 0.1) is 23.4 Å². The highest BCUT2D eigenvalue weighted by molar-refractivity contribution is 6.22. The Hall–Kier alpha value is -3.74. The number of para-hydroxylation sites is 1. The number of benzene rings is 2. The first-order valence-electron chi connectivity index (χ1n) is 12.5. The first kappa shape index (κ1) is 24.0. The molecule has 7 heteroatoms. The van der Waals surface area contributed by atoms with Gasteiger partial charge in [-0.2, -0.15) is 0 Å². The lowest BCUT2D eigenvalue weighted by Gasteiger charge is -2.22. The number of allylic oxidation sites excluding steroid dienone is 2. The van der Waals surface area contributed by atoms with Crippen LogP contribution in [0.25, 0.3) is 0 Å². The van der Waals surface area contributed by atoms with Crippen molar-refractivity contribution >= 4 is 35.1 Å². The maximum atomic E-state index is 13.1. The molecule has 3 aliphatic rings. The molecule has 0 radical (unpaired) electrons. The summed E-state index contributed by atoms with van der Waals surface area (Å²) >= 11 is 0. The highest BCUT2D eigenvalue weighted by Gasteiger charge is 2.50. The van der Waals surface area contributed by atoms with Crippen molar-refractivity contribution in [3.05, 3.63) is 65.7 Å². The Balaban J connectivity index is 1.29. The number of anilines is 2. The van der Waals surface area contributed by atoms with Crippen molar-refractivity contribution in [2.75, 3.05) is 16.3 Å². The molecule has 0 saturated carbocycles. The molecule has 2 aromatic carbocycles. The summed E-state index contributed by atoms with van der Waals surface area (Å²) in [5, 5.41) is 0. The van der Waals surface area contributed by atoms with Gasteiger partial charge in [-0.3, -0.25) is 19.2 Å². The van der Waals surface area contributed by atoms with Crippen LogP contribution in [-0.4, -0.2) is 30.2 Å². The van der Waals surface area contributed by atoms with Crippen molar-refractivity contribution in [1.82, 2.24) is 0 Å². The Labute approximate surface area is 210 Å². The molecule has 3 amide bonds. The molecule has 0 spiro atoms. The average molecular weight is 487 g/mol. The predicted molar refractivity (Wildman–Crippen MR) is 135 cm³/mol. The SMILES string of the molecule is CCc1ccccc1N1C[C@H](C(=O)Oc2ccc(N3C(=O)[C@H]4[C@H](C)C=CC[C@H]4C3=O)c(C)c2)CC1=O. The monoisotopic (exact) mass is 486 g/mol. The molecule has 36 heavy (non-hydrogen) atoms. The fourth-order valence-electron chi connectivity index (χ4n) is 5.70. The lowest BCUT2D eigenvalue weighted by atomic mass is 9.78. The van der Waals surface area contributed by atoms with E-state index >= 15 is 0 Å². The molecule has 2 saturated heterocycles. The third-order valence-corrected chi connectivity index (χ3v) is 7.62. The van der Waals surface area contributed by atoms with Crippen molar-refractivity contribution in [2.45, 2.75) is 40.0 Å². The summed E-state index contributed by atoms with van der Waals surface area (Å²) in [6.45, 7) is 6.07. The number of hydrogen-bond donors (Lipinski definition) is 0. The third-order valence-electron chi connectivity index (χ3n) is 7.62. The number of aryl methyl sites for hydroxylation is 2. The maximum absolute atomic E-state index is 13.1. The zero-order chi connectivity index (χ0) is 25.6. The highest BCUT2D eigenvalue weighted by atomic mass is 16.5. The van der Waals surface area contributed by atoms with Crippen molar-refractivity contribution in [1.29, 1.82) is 0 Å². The fourth-order valence-corrected chi connectivity index (χ4v) is 5.70. The molecule has 2 aromatic rings. The quantitative estimate of drug-likeness (QED) is 0.274. The molecule has 186 valence electrons. The van der Waals surface area contributed by atoms with Gasteiger partial charge >= 0.3 is 5.97 Å². The largest absolute Gasteiger partial charge is 0.426 e. The fraction of sp³-hybridized carbons (Fsp3) is 0.379. The van der Waals surface area contributed by atoms with Gasteiger partial charge in [-0.25, -0.2) is 4.90 Å². The van der Waals surface area contributed by atoms with Crippen LogP contribution in [0.2, 0.25) is 0 Å². The first-order valence-corrected chi connectivity index (χ1v) is 12.5. The third kappa shape index (κ3) is 4.02. The van der Waals surface area contributed by atoms with E-state index in [1.165, 1.54) is 4.90 Å². The van der Waals surface area contributed by atoms with Gasteiger partial charge in [-0.15, -0.1) is 0 Å². The van der Waals surface area contributed by atoms with Gasteiger partial charge in [0.2, 0.25) is 17.7 Å². The Morgan fingerprint density at radius 3 is 2.56 bits per heavy atom. The van der Waals surface area contributed by atoms with E-state index in [9.17, 15) is 19.2 Å². The van der Waals surface area contributed by atoms with Crippen LogP contribution in [-0.2, 0) is 25.6 Å². The molecule has 2 heterocycles. The number of carbonyl (C=O) groups is 4. The van der Waals surface area contributed by atoms with Crippen LogP contribution in [0.4, 0.5) is 11.4 Å². The van der Waals surface area contributed by atoms with Crippen molar-refractivity contribution in [3.63, 3.8) is 0 Å². The van der Waals surface area contributed by atoms with Gasteiger partial charge in [0.1, 0.15) is 5.75 Å². The number of imide groups is 1. The number of amides is 3. The molecule has 2 fully saturated rings. The van der Waals surface area contributed by atoms with E-state index in [-0.39, 0.29) is 48.4 Å². The van der Waals surface area contributed by atoms with Gasteiger partial charge in [-0.1, -0.05) is 44.2 Å². The molecule has 0 aromatic heterocycles. The second-order valence-corrected chi connectivity index (χ2v) is 9.92.